The summed E-state index contributed by atoms with van der Waals surface area (Å²) in [4.78, 5) is 35.6. The molecule has 0 atom stereocenters. The van der Waals surface area contributed by atoms with Crippen LogP contribution in [0.5, 0.6) is 0 Å². The van der Waals surface area contributed by atoms with Crippen molar-refractivity contribution in [3.8, 4) is 18.8 Å². The summed E-state index contributed by atoms with van der Waals surface area (Å²) in [7, 11) is 0. The van der Waals surface area contributed by atoms with Gasteiger partial charge >= 0.3 is 17.1 Å². The maximum atomic E-state index is 11.9. The van der Waals surface area contributed by atoms with Gasteiger partial charge in [-0.05, 0) is 0 Å². The molecule has 1 heterocycles. The lowest BCUT2D eigenvalue weighted by molar-refractivity contribution is 0.129. The minimum Gasteiger partial charge on any atom is -0.405 e. The topological polar surface area (TPSA) is 165 Å². The Morgan fingerprint density at radius 2 is 0.905 bits per heavy atom. The van der Waals surface area contributed by atoms with Crippen LogP contribution in [0.4, 0.5) is 0 Å². The van der Waals surface area contributed by atoms with Crippen LogP contribution in [0.15, 0.2) is 14.4 Å². The third kappa shape index (κ3) is 3.19. The molecule has 21 heavy (non-hydrogen) atoms. The van der Waals surface area contributed by atoms with E-state index in [0.29, 0.717) is 13.7 Å². The highest BCUT2D eigenvalue weighted by molar-refractivity contribution is 4.77. The summed E-state index contributed by atoms with van der Waals surface area (Å²) in [5, 5.41) is 24.9. The monoisotopic (exact) mass is 294 g/mol. The zero-order valence-electron chi connectivity index (χ0n) is 10.3. The molecule has 0 aliphatic rings. The lowest BCUT2D eigenvalue weighted by Crippen LogP contribution is -2.55. The molecule has 1 aromatic heterocycles. The average Bonchev–Trinajstić information content (AvgIpc) is 2.47. The van der Waals surface area contributed by atoms with E-state index >= 15 is 0 Å². The molecule has 12 heteroatoms. The lowest BCUT2D eigenvalue weighted by Gasteiger charge is -2.10. The smallest absolute Gasteiger partial charge is 0.342 e. The van der Waals surface area contributed by atoms with Gasteiger partial charge in [0.05, 0.1) is 0 Å². The van der Waals surface area contributed by atoms with E-state index in [4.69, 9.17) is 15.8 Å². The van der Waals surface area contributed by atoms with Gasteiger partial charge in [-0.1, -0.05) is 0 Å². The van der Waals surface area contributed by atoms with Crippen molar-refractivity contribution in [3.05, 3.63) is 31.5 Å². The molecule has 0 N–H and O–H groups in total. The lowest BCUT2D eigenvalue weighted by atomic mass is 10.8. The van der Waals surface area contributed by atoms with E-state index in [2.05, 4.69) is 14.2 Å². The minimum absolute atomic E-state index is 0.395. The van der Waals surface area contributed by atoms with E-state index in [1.165, 1.54) is 18.8 Å². The molecule has 1 aromatic rings. The van der Waals surface area contributed by atoms with Crippen LogP contribution in [-0.2, 0) is 34.4 Å². The van der Waals surface area contributed by atoms with Crippen LogP contribution in [0.3, 0.4) is 0 Å². The first kappa shape index (κ1) is 15.3. The first-order chi connectivity index (χ1) is 10.1. The van der Waals surface area contributed by atoms with Gasteiger partial charge in [0.25, 0.3) is 18.8 Å². The third-order valence-corrected chi connectivity index (χ3v) is 2.16. The Kier molecular flexibility index (Phi) is 5.12. The summed E-state index contributed by atoms with van der Waals surface area (Å²) in [5.41, 5.74) is -3.45. The highest BCUT2D eigenvalue weighted by Gasteiger charge is 2.16. The Bertz CT molecular complexity index is 672. The van der Waals surface area contributed by atoms with E-state index in [-0.39, 0.29) is 0 Å². The summed E-state index contributed by atoms with van der Waals surface area (Å²) >= 11 is 0. The molecule has 12 nitrogen and oxygen atoms in total. The summed E-state index contributed by atoms with van der Waals surface area (Å²) in [5.74, 6) is 0. The first-order valence-electron chi connectivity index (χ1n) is 5.05. The van der Waals surface area contributed by atoms with Gasteiger partial charge in [-0.3, -0.25) is 0 Å². The normalized spacial score (nSPS) is 9.00. The molecule has 0 radical (unpaired) electrons. The Balaban J connectivity index is 3.52. The quantitative estimate of drug-likeness (QED) is 0.517. The Labute approximate surface area is 115 Å². The van der Waals surface area contributed by atoms with Gasteiger partial charge in [-0.25, -0.2) is 28.1 Å². The second kappa shape index (κ2) is 7.01. The van der Waals surface area contributed by atoms with Crippen molar-refractivity contribution < 1.29 is 14.2 Å². The van der Waals surface area contributed by atoms with E-state index in [1.54, 1.807) is 0 Å². The van der Waals surface area contributed by atoms with Crippen molar-refractivity contribution in [2.24, 2.45) is 0 Å². The SMILES string of the molecule is N#COCn1c(=O)n(COC#N)c(=O)n(COC#N)c1=O. The molecule has 0 spiro atoms. The molecule has 0 amide bonds. The molecular formula is C9H6N6O6. The zero-order valence-corrected chi connectivity index (χ0v) is 10.3. The second-order valence-electron chi connectivity index (χ2n) is 3.23. The van der Waals surface area contributed by atoms with E-state index in [9.17, 15) is 14.4 Å². The van der Waals surface area contributed by atoms with Crippen molar-refractivity contribution in [2.45, 2.75) is 20.2 Å². The maximum absolute atomic E-state index is 11.9. The molecule has 0 saturated heterocycles. The number of hydrogen-bond acceptors (Lipinski definition) is 9. The van der Waals surface area contributed by atoms with E-state index < -0.39 is 37.3 Å². The number of nitrogens with zero attached hydrogens (tertiary/aromatic N) is 6. The molecule has 0 fully saturated rings. The molecular weight excluding hydrogens is 288 g/mol. The average molecular weight is 294 g/mol. The van der Waals surface area contributed by atoms with Crippen LogP contribution in [0.1, 0.15) is 0 Å². The van der Waals surface area contributed by atoms with Gasteiger partial charge < -0.3 is 14.2 Å². The van der Waals surface area contributed by atoms with E-state index in [0.717, 1.165) is 0 Å². The first-order valence-corrected chi connectivity index (χ1v) is 5.05. The molecule has 108 valence electrons. The molecule has 0 saturated carbocycles. The predicted molar refractivity (Wildman–Crippen MR) is 59.3 cm³/mol. The molecule has 0 aromatic carbocycles. The molecule has 0 unspecified atom stereocenters. The fraction of sp³-hybridized carbons (Fsp3) is 0.333. The summed E-state index contributed by atoms with van der Waals surface area (Å²) in [6.07, 6.45) is 3.74. The largest absolute Gasteiger partial charge is 0.405 e. The minimum atomic E-state index is -1.15. The van der Waals surface area contributed by atoms with Crippen LogP contribution in [0.25, 0.3) is 0 Å². The summed E-state index contributed by atoms with van der Waals surface area (Å²) in [6.45, 7) is -2.27. The molecule has 1 rings (SSSR count). The number of ether oxygens (including phenoxy) is 3. The highest BCUT2D eigenvalue weighted by Crippen LogP contribution is 1.81. The Morgan fingerprint density at radius 3 is 1.10 bits per heavy atom. The zero-order chi connectivity index (χ0) is 15.8. The molecule has 0 aliphatic heterocycles. The Morgan fingerprint density at radius 1 is 0.667 bits per heavy atom. The van der Waals surface area contributed by atoms with Gasteiger partial charge in [0, 0.05) is 0 Å². The van der Waals surface area contributed by atoms with E-state index in [1.807, 2.05) is 0 Å². The Hall–Kier alpha value is -3.72. The van der Waals surface area contributed by atoms with Crippen LogP contribution < -0.4 is 17.1 Å². The van der Waals surface area contributed by atoms with Gasteiger partial charge in [-0.15, -0.1) is 0 Å². The van der Waals surface area contributed by atoms with Crippen molar-refractivity contribution in [2.75, 3.05) is 0 Å². The number of rotatable bonds is 6. The van der Waals surface area contributed by atoms with Crippen LogP contribution >= 0.6 is 0 Å². The molecule has 0 bridgehead atoms. The van der Waals surface area contributed by atoms with Gasteiger partial charge in [0.2, 0.25) is 0 Å². The standard InChI is InChI=1S/C9H6N6O6/c10-1-19-4-13-7(16)14(5-20-2-11)9(18)15(8(13)17)6-21-3-12/h4-6H2. The summed E-state index contributed by atoms with van der Waals surface area (Å²) in [6, 6.07) is 0. The van der Waals surface area contributed by atoms with Gasteiger partial charge in [0.15, 0.2) is 20.2 Å². The van der Waals surface area contributed by atoms with Crippen LogP contribution in [0, 0.1) is 34.6 Å². The van der Waals surface area contributed by atoms with Crippen molar-refractivity contribution in [3.63, 3.8) is 0 Å². The third-order valence-electron chi connectivity index (χ3n) is 2.16. The maximum Gasteiger partial charge on any atom is 0.342 e. The second-order valence-corrected chi connectivity index (χ2v) is 3.23. The predicted octanol–water partition coefficient (Wildman–Crippen LogP) is -2.46. The van der Waals surface area contributed by atoms with Gasteiger partial charge in [-0.2, -0.15) is 15.8 Å². The highest BCUT2D eigenvalue weighted by atomic mass is 16.5. The number of nitriles is 3. The van der Waals surface area contributed by atoms with Crippen molar-refractivity contribution in [1.29, 1.82) is 15.8 Å². The number of aromatic nitrogens is 3. The van der Waals surface area contributed by atoms with Crippen LogP contribution in [-0.4, -0.2) is 13.7 Å². The van der Waals surface area contributed by atoms with Crippen molar-refractivity contribution in [1.82, 2.24) is 13.7 Å². The van der Waals surface area contributed by atoms with Crippen molar-refractivity contribution >= 4 is 0 Å². The fourth-order valence-electron chi connectivity index (χ4n) is 1.29. The number of hydrogen-bond donors (Lipinski definition) is 0. The fourth-order valence-corrected chi connectivity index (χ4v) is 1.29. The summed E-state index contributed by atoms with van der Waals surface area (Å²) < 4.78 is 14.0. The van der Waals surface area contributed by atoms with Gasteiger partial charge in [0.1, 0.15) is 0 Å². The van der Waals surface area contributed by atoms with Crippen LogP contribution in [0.2, 0.25) is 0 Å². The molecule has 0 aliphatic carbocycles.